The summed E-state index contributed by atoms with van der Waals surface area (Å²) in [6.07, 6.45) is 9.57. The quantitative estimate of drug-likeness (QED) is 0.576. The zero-order valence-electron chi connectivity index (χ0n) is 9.67. The molecule has 1 rings (SSSR count). The van der Waals surface area contributed by atoms with Gasteiger partial charge < -0.3 is 0 Å². The van der Waals surface area contributed by atoms with Crippen LogP contribution >= 0.6 is 0 Å². The molecule has 0 saturated carbocycles. The molecule has 1 aromatic heterocycles. The topological polar surface area (TPSA) is 20.2 Å². The van der Waals surface area contributed by atoms with Gasteiger partial charge in [-0.3, -0.25) is 0 Å². The predicted octanol–water partition coefficient (Wildman–Crippen LogP) is 3.14. The minimum absolute atomic E-state index is 0.0305. The first-order valence-corrected chi connectivity index (χ1v) is 8.55. The Kier molecular flexibility index (Phi) is 7.44. The van der Waals surface area contributed by atoms with Gasteiger partial charge in [0.05, 0.1) is 0 Å². The molecule has 1 N–H and O–H groups in total. The van der Waals surface area contributed by atoms with Gasteiger partial charge >= 0.3 is 103 Å². The molecule has 1 heterocycles. The van der Waals surface area contributed by atoms with Crippen molar-refractivity contribution in [1.29, 1.82) is 0 Å². The van der Waals surface area contributed by atoms with Gasteiger partial charge in [0, 0.05) is 0 Å². The molecule has 1 nitrogen and oxygen atoms in total. The van der Waals surface area contributed by atoms with Crippen molar-refractivity contribution in [3.8, 4) is 0 Å². The van der Waals surface area contributed by atoms with E-state index in [1.54, 1.807) is 3.58 Å². The SMILES string of the molecule is CCCCCCCCc1cc(CO)c[te]1. The van der Waals surface area contributed by atoms with Crippen LogP contribution in [0, 0.1) is 0 Å². The van der Waals surface area contributed by atoms with Gasteiger partial charge in [-0.05, 0) is 0 Å². The normalized spacial score (nSPS) is 10.8. The summed E-state index contributed by atoms with van der Waals surface area (Å²) in [5.74, 6) is 0. The molecule has 0 aliphatic heterocycles. The summed E-state index contributed by atoms with van der Waals surface area (Å²) in [6, 6.07) is 2.23. The summed E-state index contributed by atoms with van der Waals surface area (Å²) < 4.78 is 3.91. The van der Waals surface area contributed by atoms with Crippen molar-refractivity contribution < 1.29 is 5.11 Å². The molecular formula is C13H22OTe. The van der Waals surface area contributed by atoms with Crippen molar-refractivity contribution in [3.63, 3.8) is 0 Å². The Bertz CT molecular complexity index is 255. The van der Waals surface area contributed by atoms with Crippen LogP contribution in [0.15, 0.2) is 10.1 Å². The number of unbranched alkanes of at least 4 members (excludes halogenated alkanes) is 5. The van der Waals surface area contributed by atoms with Crippen molar-refractivity contribution in [1.82, 2.24) is 0 Å². The van der Waals surface area contributed by atoms with Crippen LogP contribution in [0.5, 0.6) is 0 Å². The fourth-order valence-electron chi connectivity index (χ4n) is 1.72. The van der Waals surface area contributed by atoms with Crippen LogP contribution in [-0.2, 0) is 13.0 Å². The van der Waals surface area contributed by atoms with E-state index < -0.39 is 0 Å². The summed E-state index contributed by atoms with van der Waals surface area (Å²) >= 11 is -0.0305. The predicted molar refractivity (Wildman–Crippen MR) is 66.4 cm³/mol. The molecule has 0 atom stereocenters. The summed E-state index contributed by atoms with van der Waals surface area (Å²) in [7, 11) is 0. The molecule has 0 aliphatic carbocycles. The Morgan fingerprint density at radius 2 is 1.87 bits per heavy atom. The third-order valence-electron chi connectivity index (χ3n) is 2.67. The fraction of sp³-hybridized carbons (Fsp3) is 0.692. The first-order valence-electron chi connectivity index (χ1n) is 6.04. The Hall–Kier alpha value is 0.230. The molecule has 2 heteroatoms. The number of rotatable bonds is 8. The molecule has 0 unspecified atom stereocenters. The maximum absolute atomic E-state index is 8.96. The summed E-state index contributed by atoms with van der Waals surface area (Å²) in [5, 5.41) is 8.96. The molecule has 15 heavy (non-hydrogen) atoms. The van der Waals surface area contributed by atoms with Gasteiger partial charge in [0.1, 0.15) is 0 Å². The second kappa shape index (κ2) is 8.39. The van der Waals surface area contributed by atoms with E-state index in [0.29, 0.717) is 0 Å². The third-order valence-corrected chi connectivity index (χ3v) is 5.65. The zero-order chi connectivity index (χ0) is 10.9. The number of aliphatic hydroxyl groups is 1. The average molecular weight is 322 g/mol. The van der Waals surface area contributed by atoms with Crippen LogP contribution in [0.25, 0.3) is 0 Å². The van der Waals surface area contributed by atoms with E-state index in [0.717, 1.165) is 0 Å². The Labute approximate surface area is 103 Å². The van der Waals surface area contributed by atoms with E-state index in [9.17, 15) is 0 Å². The van der Waals surface area contributed by atoms with Gasteiger partial charge in [0.15, 0.2) is 0 Å². The molecule has 0 aromatic carbocycles. The molecule has 0 amide bonds. The molecule has 0 saturated heterocycles. The first kappa shape index (κ1) is 13.3. The summed E-state index contributed by atoms with van der Waals surface area (Å²) in [6.45, 7) is 2.50. The van der Waals surface area contributed by atoms with Crippen molar-refractivity contribution in [3.05, 3.63) is 19.3 Å². The van der Waals surface area contributed by atoms with Gasteiger partial charge in [0.25, 0.3) is 0 Å². The first-order chi connectivity index (χ1) is 7.36. The van der Waals surface area contributed by atoms with Gasteiger partial charge in [-0.25, -0.2) is 0 Å². The molecule has 0 radical (unpaired) electrons. The number of aryl methyl sites for hydroxylation is 1. The van der Waals surface area contributed by atoms with Crippen LogP contribution < -0.4 is 0 Å². The van der Waals surface area contributed by atoms with E-state index in [1.165, 1.54) is 50.5 Å². The second-order valence-electron chi connectivity index (χ2n) is 4.10. The van der Waals surface area contributed by atoms with E-state index in [2.05, 4.69) is 17.1 Å². The van der Waals surface area contributed by atoms with E-state index in [1.807, 2.05) is 0 Å². The Balaban J connectivity index is 2.04. The monoisotopic (exact) mass is 324 g/mol. The number of aliphatic hydroxyl groups excluding tert-OH is 1. The van der Waals surface area contributed by atoms with Gasteiger partial charge in [0.2, 0.25) is 0 Å². The van der Waals surface area contributed by atoms with Crippen molar-refractivity contribution in [2.75, 3.05) is 0 Å². The average Bonchev–Trinajstić information content (AvgIpc) is 2.71. The molecule has 0 aliphatic rings. The molecule has 86 valence electrons. The van der Waals surface area contributed by atoms with Crippen LogP contribution in [0.3, 0.4) is 0 Å². The summed E-state index contributed by atoms with van der Waals surface area (Å²) in [4.78, 5) is 0. The summed E-state index contributed by atoms with van der Waals surface area (Å²) in [5.41, 5.74) is 1.17. The zero-order valence-corrected chi connectivity index (χ0v) is 12.0. The third kappa shape index (κ3) is 5.76. The fourth-order valence-corrected chi connectivity index (χ4v) is 4.37. The number of hydrogen-bond acceptors (Lipinski definition) is 1. The molecule has 0 bridgehead atoms. The Morgan fingerprint density at radius 1 is 1.13 bits per heavy atom. The van der Waals surface area contributed by atoms with Crippen molar-refractivity contribution in [2.24, 2.45) is 0 Å². The van der Waals surface area contributed by atoms with Gasteiger partial charge in [-0.15, -0.1) is 0 Å². The molecule has 0 spiro atoms. The van der Waals surface area contributed by atoms with E-state index in [4.69, 9.17) is 5.11 Å². The standard InChI is InChI=1S/C13H22OTe/c1-2-3-4-5-6-7-8-13-9-12(10-14)11-15-13/h9,11,14H,2-8,10H2,1H3. The maximum atomic E-state index is 8.96. The van der Waals surface area contributed by atoms with Crippen LogP contribution in [0.4, 0.5) is 0 Å². The molecule has 0 fully saturated rings. The minimum atomic E-state index is -0.0305. The van der Waals surface area contributed by atoms with Crippen LogP contribution in [-0.4, -0.2) is 25.5 Å². The Morgan fingerprint density at radius 3 is 2.53 bits per heavy atom. The molecular weight excluding hydrogens is 300 g/mol. The number of hydrogen-bond donors (Lipinski definition) is 1. The van der Waals surface area contributed by atoms with Crippen LogP contribution in [0.1, 0.15) is 54.6 Å². The second-order valence-corrected chi connectivity index (χ2v) is 6.94. The van der Waals surface area contributed by atoms with Crippen molar-refractivity contribution >= 4 is 20.4 Å². The molecule has 1 aromatic rings. The van der Waals surface area contributed by atoms with Gasteiger partial charge in [-0.1, -0.05) is 0 Å². The van der Waals surface area contributed by atoms with E-state index in [-0.39, 0.29) is 27.0 Å². The van der Waals surface area contributed by atoms with Crippen molar-refractivity contribution in [2.45, 2.75) is 58.5 Å². The van der Waals surface area contributed by atoms with E-state index >= 15 is 0 Å². The van der Waals surface area contributed by atoms with Crippen LogP contribution in [0.2, 0.25) is 0 Å². The van der Waals surface area contributed by atoms with Gasteiger partial charge in [-0.2, -0.15) is 0 Å².